The van der Waals surface area contributed by atoms with Crippen molar-refractivity contribution in [1.82, 2.24) is 5.43 Å². The van der Waals surface area contributed by atoms with Crippen LogP contribution in [-0.4, -0.2) is 16.7 Å². The lowest BCUT2D eigenvalue weighted by molar-refractivity contribution is 0.0952. The summed E-state index contributed by atoms with van der Waals surface area (Å²) in [5, 5.41) is 14.1. The number of hydrazone groups is 1. The van der Waals surface area contributed by atoms with Crippen LogP contribution in [0.25, 0.3) is 0 Å². The standard InChI is InChI=1S/C15H15ClN2O2S/c1-3-11-5-7-14(21-11)9(2)17-18-15(20)12-8-10(16)4-6-13(12)19/h4-8,19H,3H2,1-2H3,(H,18,20)/b17-9+. The molecule has 0 radical (unpaired) electrons. The topological polar surface area (TPSA) is 61.7 Å². The lowest BCUT2D eigenvalue weighted by atomic mass is 10.2. The molecule has 110 valence electrons. The Balaban J connectivity index is 2.12. The van der Waals surface area contributed by atoms with Gasteiger partial charge < -0.3 is 5.11 Å². The van der Waals surface area contributed by atoms with Crippen LogP contribution in [0.3, 0.4) is 0 Å². The molecule has 0 fully saturated rings. The van der Waals surface area contributed by atoms with Gasteiger partial charge in [-0.05, 0) is 43.7 Å². The quantitative estimate of drug-likeness (QED) is 0.664. The maximum atomic E-state index is 12.0. The molecule has 4 nitrogen and oxygen atoms in total. The van der Waals surface area contributed by atoms with Gasteiger partial charge in [0.2, 0.25) is 0 Å². The van der Waals surface area contributed by atoms with Crippen molar-refractivity contribution in [2.24, 2.45) is 5.10 Å². The van der Waals surface area contributed by atoms with Crippen molar-refractivity contribution in [1.29, 1.82) is 0 Å². The van der Waals surface area contributed by atoms with Crippen LogP contribution < -0.4 is 5.43 Å². The molecule has 0 saturated heterocycles. The van der Waals surface area contributed by atoms with E-state index in [-0.39, 0.29) is 11.3 Å². The number of rotatable bonds is 4. The van der Waals surface area contributed by atoms with Crippen LogP contribution in [0, 0.1) is 0 Å². The van der Waals surface area contributed by atoms with Gasteiger partial charge in [0.1, 0.15) is 5.75 Å². The molecule has 2 N–H and O–H groups in total. The first kappa shape index (κ1) is 15.5. The van der Waals surface area contributed by atoms with E-state index >= 15 is 0 Å². The van der Waals surface area contributed by atoms with E-state index < -0.39 is 5.91 Å². The Bertz CT molecular complexity index is 695. The van der Waals surface area contributed by atoms with Crippen LogP contribution in [0.2, 0.25) is 5.02 Å². The first-order valence-corrected chi connectivity index (χ1v) is 7.63. The van der Waals surface area contributed by atoms with Gasteiger partial charge in [-0.25, -0.2) is 5.43 Å². The Hall–Kier alpha value is -1.85. The van der Waals surface area contributed by atoms with Crippen molar-refractivity contribution in [2.75, 3.05) is 0 Å². The second-order valence-corrected chi connectivity index (χ2v) is 6.02. The van der Waals surface area contributed by atoms with E-state index in [1.165, 1.54) is 23.1 Å². The average Bonchev–Trinajstić information content (AvgIpc) is 2.96. The molecule has 0 aliphatic heterocycles. The number of aromatic hydroxyl groups is 1. The van der Waals surface area contributed by atoms with E-state index in [1.807, 2.05) is 19.1 Å². The summed E-state index contributed by atoms with van der Waals surface area (Å²) in [5.74, 6) is -0.629. The van der Waals surface area contributed by atoms with Crippen LogP contribution >= 0.6 is 22.9 Å². The average molecular weight is 323 g/mol. The molecule has 1 aromatic heterocycles. The molecule has 0 spiro atoms. The molecule has 0 aliphatic carbocycles. The summed E-state index contributed by atoms with van der Waals surface area (Å²) in [4.78, 5) is 14.2. The predicted octanol–water partition coefficient (Wildman–Crippen LogP) is 3.82. The number of halogens is 1. The zero-order chi connectivity index (χ0) is 15.4. The molecular formula is C15H15ClN2O2S. The van der Waals surface area contributed by atoms with Crippen molar-refractivity contribution >= 4 is 34.6 Å². The molecule has 0 bridgehead atoms. The zero-order valence-electron chi connectivity index (χ0n) is 11.7. The van der Waals surface area contributed by atoms with Gasteiger partial charge in [-0.3, -0.25) is 4.79 Å². The summed E-state index contributed by atoms with van der Waals surface area (Å²) in [5.41, 5.74) is 3.24. The molecule has 0 atom stereocenters. The number of thiophene rings is 1. The largest absolute Gasteiger partial charge is 0.507 e. The minimum Gasteiger partial charge on any atom is -0.507 e. The van der Waals surface area contributed by atoms with E-state index in [2.05, 4.69) is 17.5 Å². The number of carbonyl (C=O) groups excluding carboxylic acids is 1. The number of hydrogen-bond donors (Lipinski definition) is 2. The van der Waals surface area contributed by atoms with Crippen molar-refractivity contribution in [3.8, 4) is 5.75 Å². The molecule has 2 rings (SSSR count). The monoisotopic (exact) mass is 322 g/mol. The summed E-state index contributed by atoms with van der Waals surface area (Å²) >= 11 is 7.45. The van der Waals surface area contributed by atoms with Gasteiger partial charge in [0, 0.05) is 9.90 Å². The molecule has 1 amide bonds. The van der Waals surface area contributed by atoms with Crippen molar-refractivity contribution in [3.05, 3.63) is 50.7 Å². The number of nitrogens with zero attached hydrogens (tertiary/aromatic N) is 1. The highest BCUT2D eigenvalue weighted by Crippen LogP contribution is 2.21. The maximum absolute atomic E-state index is 12.0. The van der Waals surface area contributed by atoms with Gasteiger partial charge in [0.25, 0.3) is 5.91 Å². The van der Waals surface area contributed by atoms with Crippen LogP contribution in [0.5, 0.6) is 5.75 Å². The molecular weight excluding hydrogens is 308 g/mol. The molecule has 1 heterocycles. The highest BCUT2D eigenvalue weighted by atomic mass is 35.5. The smallest absolute Gasteiger partial charge is 0.275 e. The van der Waals surface area contributed by atoms with Gasteiger partial charge in [-0.2, -0.15) is 5.10 Å². The van der Waals surface area contributed by atoms with Gasteiger partial charge >= 0.3 is 0 Å². The van der Waals surface area contributed by atoms with Crippen molar-refractivity contribution < 1.29 is 9.90 Å². The third-order valence-electron chi connectivity index (χ3n) is 2.90. The second kappa shape index (κ2) is 6.74. The SMILES string of the molecule is CCc1ccc(/C(C)=N/NC(=O)c2cc(Cl)ccc2O)s1. The number of aryl methyl sites for hydroxylation is 1. The molecule has 0 aliphatic rings. The van der Waals surface area contributed by atoms with Crippen molar-refractivity contribution in [3.63, 3.8) is 0 Å². The summed E-state index contributed by atoms with van der Waals surface area (Å²) in [6, 6.07) is 8.31. The molecule has 0 saturated carbocycles. The Kier molecular flexibility index (Phi) is 4.98. The van der Waals surface area contributed by atoms with Gasteiger partial charge in [0.15, 0.2) is 0 Å². The number of phenolic OH excluding ortho intramolecular Hbond substituents is 1. The Morgan fingerprint density at radius 3 is 2.81 bits per heavy atom. The minimum atomic E-state index is -0.498. The lowest BCUT2D eigenvalue weighted by Crippen LogP contribution is -2.19. The first-order valence-electron chi connectivity index (χ1n) is 6.43. The summed E-state index contributed by atoms with van der Waals surface area (Å²) in [6.45, 7) is 3.91. The summed E-state index contributed by atoms with van der Waals surface area (Å²) < 4.78 is 0. The fourth-order valence-electron chi connectivity index (χ4n) is 1.70. The zero-order valence-corrected chi connectivity index (χ0v) is 13.3. The van der Waals surface area contributed by atoms with Gasteiger partial charge in [-0.1, -0.05) is 18.5 Å². The number of carbonyl (C=O) groups is 1. The van der Waals surface area contributed by atoms with Crippen molar-refractivity contribution in [2.45, 2.75) is 20.3 Å². The second-order valence-electron chi connectivity index (χ2n) is 4.42. The highest BCUT2D eigenvalue weighted by molar-refractivity contribution is 7.14. The first-order chi connectivity index (χ1) is 10.0. The fourth-order valence-corrected chi connectivity index (χ4v) is 2.77. The number of hydrogen-bond acceptors (Lipinski definition) is 4. The molecule has 21 heavy (non-hydrogen) atoms. The summed E-state index contributed by atoms with van der Waals surface area (Å²) in [6.07, 6.45) is 0.973. The minimum absolute atomic E-state index is 0.0967. The normalized spacial score (nSPS) is 11.5. The summed E-state index contributed by atoms with van der Waals surface area (Å²) in [7, 11) is 0. The number of amides is 1. The van der Waals surface area contributed by atoms with Gasteiger partial charge in [0.05, 0.1) is 16.2 Å². The van der Waals surface area contributed by atoms with E-state index in [1.54, 1.807) is 11.3 Å². The van der Waals surface area contributed by atoms with E-state index in [0.717, 1.165) is 17.0 Å². The van der Waals surface area contributed by atoms with E-state index in [0.29, 0.717) is 5.02 Å². The molecule has 2 aromatic rings. The predicted molar refractivity (Wildman–Crippen MR) is 86.5 cm³/mol. The number of phenols is 1. The highest BCUT2D eigenvalue weighted by Gasteiger charge is 2.11. The Morgan fingerprint density at radius 1 is 1.38 bits per heavy atom. The lowest BCUT2D eigenvalue weighted by Gasteiger charge is -2.04. The van der Waals surface area contributed by atoms with Crippen LogP contribution in [-0.2, 0) is 6.42 Å². The van der Waals surface area contributed by atoms with Crippen LogP contribution in [0.15, 0.2) is 35.4 Å². The number of nitrogens with one attached hydrogen (secondary N) is 1. The molecule has 6 heteroatoms. The molecule has 1 aromatic carbocycles. The number of benzene rings is 1. The van der Waals surface area contributed by atoms with E-state index in [4.69, 9.17) is 11.6 Å². The van der Waals surface area contributed by atoms with Crippen LogP contribution in [0.4, 0.5) is 0 Å². The molecule has 0 unspecified atom stereocenters. The van der Waals surface area contributed by atoms with Gasteiger partial charge in [-0.15, -0.1) is 11.3 Å². The Morgan fingerprint density at radius 2 is 2.14 bits per heavy atom. The maximum Gasteiger partial charge on any atom is 0.275 e. The van der Waals surface area contributed by atoms with E-state index in [9.17, 15) is 9.90 Å². The Labute approximate surface area is 132 Å². The third-order valence-corrected chi connectivity index (χ3v) is 4.47. The third kappa shape index (κ3) is 3.83. The fraction of sp³-hybridized carbons (Fsp3) is 0.200. The van der Waals surface area contributed by atoms with Crippen LogP contribution in [0.1, 0.15) is 34.0 Å².